The van der Waals surface area contributed by atoms with Gasteiger partial charge in [0.15, 0.2) is 18.6 Å². The maximum atomic E-state index is 11.2. The summed E-state index contributed by atoms with van der Waals surface area (Å²) in [6.07, 6.45) is -2.21. The Kier molecular flexibility index (Phi) is 2.48. The number of rotatable bonds is 1. The van der Waals surface area contributed by atoms with Crippen LogP contribution in [-0.2, 0) is 18.9 Å². The van der Waals surface area contributed by atoms with Crippen LogP contribution in [0.25, 0.3) is 0 Å². The van der Waals surface area contributed by atoms with Crippen LogP contribution in [0.5, 0.6) is 0 Å². The summed E-state index contributed by atoms with van der Waals surface area (Å²) in [5.74, 6) is 0. The number of hydrogen-bond donors (Lipinski definition) is 1. The molecule has 0 aliphatic carbocycles. The quantitative estimate of drug-likeness (QED) is 0.816. The van der Waals surface area contributed by atoms with Crippen LogP contribution in [0, 0.1) is 0 Å². The summed E-state index contributed by atoms with van der Waals surface area (Å²) in [4.78, 5) is 11.2. The number of benzene rings is 1. The van der Waals surface area contributed by atoms with Gasteiger partial charge in [-0.05, 0) is 0 Å². The van der Waals surface area contributed by atoms with Gasteiger partial charge in [-0.2, -0.15) is 0 Å². The second-order valence-corrected chi connectivity index (χ2v) is 4.79. The molecule has 3 aliphatic rings. The number of hydrogen-bond acceptors (Lipinski definition) is 5. The molecular formula is C13H13NO5. The van der Waals surface area contributed by atoms with Crippen molar-refractivity contribution in [1.29, 1.82) is 0 Å². The highest BCUT2D eigenvalue weighted by molar-refractivity contribution is 5.70. The van der Waals surface area contributed by atoms with Crippen LogP contribution in [-0.4, -0.2) is 37.2 Å². The molecule has 6 nitrogen and oxygen atoms in total. The van der Waals surface area contributed by atoms with Crippen LogP contribution in [0.3, 0.4) is 0 Å². The Bertz CT molecular complexity index is 493. The molecule has 0 bridgehead atoms. The molecule has 1 aromatic rings. The normalized spacial score (nSPS) is 40.2. The maximum absolute atomic E-state index is 11.2. The third-order valence-corrected chi connectivity index (χ3v) is 3.58. The van der Waals surface area contributed by atoms with E-state index in [4.69, 9.17) is 18.9 Å². The maximum Gasteiger partial charge on any atom is 0.409 e. The first-order valence-electron chi connectivity index (χ1n) is 6.26. The first-order valence-corrected chi connectivity index (χ1v) is 6.26. The molecule has 3 fully saturated rings. The largest absolute Gasteiger partial charge is 0.438 e. The van der Waals surface area contributed by atoms with Crippen molar-refractivity contribution in [3.05, 3.63) is 35.9 Å². The van der Waals surface area contributed by atoms with E-state index in [0.29, 0.717) is 6.61 Å². The van der Waals surface area contributed by atoms with E-state index in [2.05, 4.69) is 5.32 Å². The predicted molar refractivity (Wildman–Crippen MR) is 62.1 cm³/mol. The molecular weight excluding hydrogens is 250 g/mol. The average molecular weight is 263 g/mol. The zero-order valence-corrected chi connectivity index (χ0v) is 10.0. The Balaban J connectivity index is 1.54. The Morgan fingerprint density at radius 3 is 2.79 bits per heavy atom. The van der Waals surface area contributed by atoms with E-state index in [1.807, 2.05) is 30.3 Å². The smallest absolute Gasteiger partial charge is 0.409 e. The predicted octanol–water partition coefficient (Wildman–Crippen LogP) is 0.934. The Morgan fingerprint density at radius 2 is 1.95 bits per heavy atom. The van der Waals surface area contributed by atoms with Crippen LogP contribution >= 0.6 is 0 Å². The van der Waals surface area contributed by atoms with Gasteiger partial charge in [0.2, 0.25) is 0 Å². The third-order valence-electron chi connectivity index (χ3n) is 3.58. The van der Waals surface area contributed by atoms with Gasteiger partial charge < -0.3 is 18.9 Å². The van der Waals surface area contributed by atoms with Gasteiger partial charge in [0.05, 0.1) is 6.61 Å². The molecule has 0 spiro atoms. The molecule has 3 saturated heterocycles. The highest BCUT2D eigenvalue weighted by atomic mass is 16.7. The lowest BCUT2D eigenvalue weighted by molar-refractivity contribution is -0.253. The Hall–Kier alpha value is -1.63. The number of carbonyl (C=O) groups excluding carboxylic acids is 1. The molecule has 1 amide bonds. The fourth-order valence-electron chi connectivity index (χ4n) is 2.69. The van der Waals surface area contributed by atoms with Crippen LogP contribution in [0.1, 0.15) is 11.9 Å². The average Bonchev–Trinajstić information content (AvgIpc) is 2.95. The molecule has 0 unspecified atom stereocenters. The monoisotopic (exact) mass is 263 g/mol. The number of ether oxygens (including phenoxy) is 4. The first kappa shape index (κ1) is 11.2. The van der Waals surface area contributed by atoms with Crippen molar-refractivity contribution in [2.45, 2.75) is 30.8 Å². The van der Waals surface area contributed by atoms with Crippen molar-refractivity contribution < 1.29 is 23.7 Å². The molecule has 0 aromatic heterocycles. The molecule has 0 saturated carbocycles. The molecule has 3 aliphatic heterocycles. The Labute approximate surface area is 109 Å². The molecule has 100 valence electrons. The van der Waals surface area contributed by atoms with E-state index >= 15 is 0 Å². The molecule has 5 atom stereocenters. The van der Waals surface area contributed by atoms with E-state index in [1.54, 1.807) is 0 Å². The van der Waals surface area contributed by atoms with Crippen molar-refractivity contribution in [2.24, 2.45) is 0 Å². The second kappa shape index (κ2) is 4.19. The summed E-state index contributed by atoms with van der Waals surface area (Å²) in [6, 6.07) is 9.68. The van der Waals surface area contributed by atoms with Crippen molar-refractivity contribution in [3.63, 3.8) is 0 Å². The molecule has 19 heavy (non-hydrogen) atoms. The van der Waals surface area contributed by atoms with E-state index < -0.39 is 24.7 Å². The lowest BCUT2D eigenvalue weighted by atomic mass is 10.1. The minimum Gasteiger partial charge on any atom is -0.438 e. The number of fused-ring (bicyclic) bond motifs is 3. The van der Waals surface area contributed by atoms with Gasteiger partial charge in [0, 0.05) is 5.56 Å². The zero-order valence-electron chi connectivity index (χ0n) is 10.0. The summed E-state index contributed by atoms with van der Waals surface area (Å²) in [5, 5.41) is 2.61. The lowest BCUT2D eigenvalue weighted by Gasteiger charge is -2.32. The van der Waals surface area contributed by atoms with Crippen molar-refractivity contribution in [1.82, 2.24) is 5.32 Å². The molecule has 4 rings (SSSR count). The minimum atomic E-state index is -0.459. The van der Waals surface area contributed by atoms with Gasteiger partial charge in [-0.15, -0.1) is 0 Å². The van der Waals surface area contributed by atoms with Gasteiger partial charge in [-0.3, -0.25) is 5.32 Å². The van der Waals surface area contributed by atoms with Crippen LogP contribution in [0.15, 0.2) is 30.3 Å². The molecule has 6 heteroatoms. The van der Waals surface area contributed by atoms with Crippen molar-refractivity contribution in [3.8, 4) is 0 Å². The second-order valence-electron chi connectivity index (χ2n) is 4.79. The fourth-order valence-corrected chi connectivity index (χ4v) is 2.69. The third kappa shape index (κ3) is 1.80. The highest BCUT2D eigenvalue weighted by Crippen LogP contribution is 2.37. The zero-order chi connectivity index (χ0) is 12.8. The van der Waals surface area contributed by atoms with Gasteiger partial charge in [0.25, 0.3) is 0 Å². The van der Waals surface area contributed by atoms with Crippen LogP contribution in [0.2, 0.25) is 0 Å². The summed E-state index contributed by atoms with van der Waals surface area (Å²) >= 11 is 0. The topological polar surface area (TPSA) is 66.0 Å². The summed E-state index contributed by atoms with van der Waals surface area (Å²) < 4.78 is 22.4. The SMILES string of the molecule is O=C1N[C@H]2O[C@@H]3CO[C@H](c4ccccc4)O[C@@H]3[C@H]2O1. The molecule has 0 radical (unpaired) electrons. The van der Waals surface area contributed by atoms with Gasteiger partial charge in [-0.1, -0.05) is 30.3 Å². The number of carbonyl (C=O) groups is 1. The lowest BCUT2D eigenvalue weighted by Crippen LogP contribution is -2.43. The van der Waals surface area contributed by atoms with Crippen molar-refractivity contribution >= 4 is 6.09 Å². The summed E-state index contributed by atoms with van der Waals surface area (Å²) in [7, 11) is 0. The first-order chi connectivity index (χ1) is 9.31. The highest BCUT2D eigenvalue weighted by Gasteiger charge is 2.55. The van der Waals surface area contributed by atoms with E-state index in [-0.39, 0.29) is 12.2 Å². The van der Waals surface area contributed by atoms with Crippen molar-refractivity contribution in [2.75, 3.05) is 6.61 Å². The summed E-state index contributed by atoms with van der Waals surface area (Å²) in [6.45, 7) is 0.427. The fraction of sp³-hybridized carbons (Fsp3) is 0.462. The van der Waals surface area contributed by atoms with Crippen LogP contribution in [0.4, 0.5) is 4.79 Å². The van der Waals surface area contributed by atoms with E-state index in [9.17, 15) is 4.79 Å². The molecule has 3 heterocycles. The number of alkyl carbamates (subject to hydrolysis) is 1. The van der Waals surface area contributed by atoms with Gasteiger partial charge >= 0.3 is 6.09 Å². The molecule has 1 N–H and O–H groups in total. The minimum absolute atomic E-state index is 0.199. The van der Waals surface area contributed by atoms with Crippen LogP contribution < -0.4 is 5.32 Å². The van der Waals surface area contributed by atoms with E-state index in [1.165, 1.54) is 0 Å². The number of amides is 1. The molecule has 1 aromatic carbocycles. The van der Waals surface area contributed by atoms with E-state index in [0.717, 1.165) is 5.56 Å². The van der Waals surface area contributed by atoms with Gasteiger partial charge in [0.1, 0.15) is 12.2 Å². The van der Waals surface area contributed by atoms with Gasteiger partial charge in [-0.25, -0.2) is 4.79 Å². The summed E-state index contributed by atoms with van der Waals surface area (Å²) in [5.41, 5.74) is 0.946. The Morgan fingerprint density at radius 1 is 1.11 bits per heavy atom. The standard InChI is InChI=1S/C13H13NO5/c15-13-14-11-10(19-13)9-8(17-11)6-16-12(18-9)7-4-2-1-3-5-7/h1-5,8-12H,6H2,(H,14,15)/t8-,9+,10-,11+,12+/m1/s1. The number of nitrogens with one attached hydrogen (secondary N) is 1.